The lowest BCUT2D eigenvalue weighted by Crippen LogP contribution is -2.34. The van der Waals surface area contributed by atoms with Gasteiger partial charge < -0.3 is 9.47 Å². The fourth-order valence-electron chi connectivity index (χ4n) is 2.82. The molecule has 0 spiro atoms. The van der Waals surface area contributed by atoms with E-state index >= 15 is 0 Å². The first-order valence-corrected chi connectivity index (χ1v) is 8.59. The zero-order valence-corrected chi connectivity index (χ0v) is 15.7. The lowest BCUT2D eigenvalue weighted by molar-refractivity contribution is -0.142. The molecule has 0 aliphatic carbocycles. The molecule has 6 nitrogen and oxygen atoms in total. The Morgan fingerprint density at radius 3 is 2.43 bits per heavy atom. The first-order chi connectivity index (χ1) is 13.2. The monoisotopic (exact) mass is 403 g/mol. The maximum atomic E-state index is 14.4. The van der Waals surface area contributed by atoms with E-state index < -0.39 is 40.7 Å². The summed E-state index contributed by atoms with van der Waals surface area (Å²) in [5.41, 5.74) is -1.87. The van der Waals surface area contributed by atoms with E-state index in [9.17, 15) is 18.8 Å². The van der Waals surface area contributed by atoms with Crippen LogP contribution in [0.3, 0.4) is 0 Å². The molecule has 0 fully saturated rings. The summed E-state index contributed by atoms with van der Waals surface area (Å²) in [6, 6.07) is 12.0. The third-order valence-corrected chi connectivity index (χ3v) is 4.42. The van der Waals surface area contributed by atoms with E-state index in [1.54, 1.807) is 30.3 Å². The number of ether oxygens (including phenoxy) is 2. The Morgan fingerprint density at radius 2 is 1.82 bits per heavy atom. The molecule has 28 heavy (non-hydrogen) atoms. The van der Waals surface area contributed by atoms with Gasteiger partial charge in [0.25, 0.3) is 11.7 Å². The zero-order valence-electron chi connectivity index (χ0n) is 14.9. The fraction of sp³-hybridized carbons (Fsp3) is 0.150. The Morgan fingerprint density at radius 1 is 1.14 bits per heavy atom. The van der Waals surface area contributed by atoms with Gasteiger partial charge >= 0.3 is 5.97 Å². The Balaban J connectivity index is 2.01. The van der Waals surface area contributed by atoms with E-state index in [2.05, 4.69) is 5.32 Å². The second kappa shape index (κ2) is 7.44. The molecule has 0 bridgehead atoms. The minimum absolute atomic E-state index is 0.0475. The summed E-state index contributed by atoms with van der Waals surface area (Å²) in [5.74, 6) is -3.95. The molecule has 0 saturated heterocycles. The highest BCUT2D eigenvalue weighted by atomic mass is 35.5. The van der Waals surface area contributed by atoms with E-state index in [0.29, 0.717) is 0 Å². The summed E-state index contributed by atoms with van der Waals surface area (Å²) >= 11 is 6.08. The summed E-state index contributed by atoms with van der Waals surface area (Å²) in [6.07, 6.45) is 0. The van der Waals surface area contributed by atoms with Crippen LogP contribution in [-0.2, 0) is 24.7 Å². The molecule has 2 aromatic carbocycles. The first kappa shape index (κ1) is 19.6. The summed E-state index contributed by atoms with van der Waals surface area (Å²) in [7, 11) is 0. The van der Waals surface area contributed by atoms with Crippen molar-refractivity contribution in [3.63, 3.8) is 0 Å². The van der Waals surface area contributed by atoms with Crippen LogP contribution in [0.2, 0.25) is 5.02 Å². The Bertz CT molecular complexity index is 985. The van der Waals surface area contributed by atoms with Crippen molar-refractivity contribution in [1.29, 1.82) is 0 Å². The largest absolute Gasteiger partial charge is 0.456 e. The van der Waals surface area contributed by atoms with Gasteiger partial charge in [-0.25, -0.2) is 4.39 Å². The Hall–Kier alpha value is -3.19. The number of esters is 1. The average Bonchev–Trinajstić information content (AvgIpc) is 2.87. The predicted octanol–water partition coefficient (Wildman–Crippen LogP) is 3.46. The minimum atomic E-state index is -1.92. The summed E-state index contributed by atoms with van der Waals surface area (Å²) in [4.78, 5) is 36.9. The number of hydrogen-bond donors (Lipinski definition) is 1. The number of hydrogen-bond acceptors (Lipinski definition) is 5. The number of rotatable bonds is 4. The van der Waals surface area contributed by atoms with Crippen molar-refractivity contribution < 1.29 is 28.2 Å². The summed E-state index contributed by atoms with van der Waals surface area (Å²) in [5, 5.41) is 2.35. The molecular weight excluding hydrogens is 389 g/mol. The van der Waals surface area contributed by atoms with Crippen LogP contribution in [0, 0.1) is 5.82 Å². The maximum absolute atomic E-state index is 14.4. The molecule has 1 atom stereocenters. The van der Waals surface area contributed by atoms with Crippen molar-refractivity contribution in [2.45, 2.75) is 19.4 Å². The number of ketones is 1. The van der Waals surface area contributed by atoms with Gasteiger partial charge in [0.15, 0.2) is 0 Å². The molecule has 1 heterocycles. The number of amides is 1. The van der Waals surface area contributed by atoms with Gasteiger partial charge in [-0.2, -0.15) is 0 Å². The number of carbonyl (C=O) groups excluding carboxylic acids is 3. The van der Waals surface area contributed by atoms with Crippen LogP contribution in [0.25, 0.3) is 0 Å². The Kier molecular flexibility index (Phi) is 5.20. The van der Waals surface area contributed by atoms with E-state index in [4.69, 9.17) is 21.1 Å². The van der Waals surface area contributed by atoms with Crippen LogP contribution in [0.4, 0.5) is 4.39 Å². The van der Waals surface area contributed by atoms with Crippen LogP contribution in [0.15, 0.2) is 60.2 Å². The second-order valence-electron chi connectivity index (χ2n) is 6.13. The van der Waals surface area contributed by atoms with Crippen molar-refractivity contribution in [1.82, 2.24) is 5.32 Å². The van der Waals surface area contributed by atoms with Crippen LogP contribution in [-0.4, -0.2) is 17.7 Å². The molecule has 0 radical (unpaired) electrons. The van der Waals surface area contributed by atoms with Crippen LogP contribution in [0.1, 0.15) is 29.8 Å². The second-order valence-corrected chi connectivity index (χ2v) is 6.54. The van der Waals surface area contributed by atoms with Crippen molar-refractivity contribution in [2.75, 3.05) is 0 Å². The normalized spacial score (nSPS) is 18.6. The van der Waals surface area contributed by atoms with E-state index in [0.717, 1.165) is 13.0 Å². The highest BCUT2D eigenvalue weighted by molar-refractivity contribution is 6.32. The fourth-order valence-corrected chi connectivity index (χ4v) is 3.16. The van der Waals surface area contributed by atoms with Gasteiger partial charge in [0.05, 0.1) is 10.6 Å². The summed E-state index contributed by atoms with van der Waals surface area (Å²) in [6.45, 7) is 2.37. The minimum Gasteiger partial charge on any atom is -0.456 e. The third kappa shape index (κ3) is 3.48. The van der Waals surface area contributed by atoms with Gasteiger partial charge in [0, 0.05) is 12.5 Å². The average molecular weight is 404 g/mol. The van der Waals surface area contributed by atoms with Crippen molar-refractivity contribution in [3.05, 3.63) is 82.1 Å². The molecular formula is C20H15ClFNO5. The quantitative estimate of drug-likeness (QED) is 0.791. The van der Waals surface area contributed by atoms with Gasteiger partial charge in [-0.05, 0) is 31.2 Å². The molecule has 1 unspecified atom stereocenters. The van der Waals surface area contributed by atoms with Crippen molar-refractivity contribution in [3.8, 4) is 0 Å². The van der Waals surface area contributed by atoms with Crippen LogP contribution in [0.5, 0.6) is 0 Å². The van der Waals surface area contributed by atoms with Gasteiger partial charge in [-0.3, -0.25) is 19.7 Å². The highest BCUT2D eigenvalue weighted by Crippen LogP contribution is 2.42. The van der Waals surface area contributed by atoms with E-state index in [1.807, 2.05) is 0 Å². The molecule has 1 aliphatic heterocycles. The SMILES string of the molecule is CC(=O)OC1=C(NC(=O)c2ccccc2)OC(C)(c2c(F)cccc2Cl)C1=O. The molecule has 1 aliphatic rings. The smallest absolute Gasteiger partial charge is 0.308 e. The molecule has 1 N–H and O–H groups in total. The van der Waals surface area contributed by atoms with Crippen molar-refractivity contribution in [2.24, 2.45) is 0 Å². The van der Waals surface area contributed by atoms with Gasteiger partial charge in [-0.1, -0.05) is 35.9 Å². The lowest BCUT2D eigenvalue weighted by Gasteiger charge is -2.25. The standard InChI is InChI=1S/C20H15ClFNO5/c1-11(24)27-16-17(25)20(2,15-13(21)9-6-10-14(15)22)28-19(16)23-18(26)12-7-4-3-5-8-12/h3-10H,1-2H3,(H,23,26). The number of benzene rings is 2. The molecule has 2 aromatic rings. The number of Topliss-reactive ketones (excluding diaryl/α,β-unsaturated/α-hetero) is 1. The van der Waals surface area contributed by atoms with Crippen molar-refractivity contribution >= 4 is 29.3 Å². The molecule has 144 valence electrons. The van der Waals surface area contributed by atoms with E-state index in [-0.39, 0.29) is 16.1 Å². The first-order valence-electron chi connectivity index (χ1n) is 8.21. The molecule has 0 aromatic heterocycles. The lowest BCUT2D eigenvalue weighted by atomic mass is 9.91. The van der Waals surface area contributed by atoms with Gasteiger partial charge in [0.1, 0.15) is 5.82 Å². The topological polar surface area (TPSA) is 81.7 Å². The number of carbonyl (C=O) groups is 3. The molecule has 3 rings (SSSR count). The summed E-state index contributed by atoms with van der Waals surface area (Å²) < 4.78 is 25.0. The van der Waals surface area contributed by atoms with E-state index in [1.165, 1.54) is 19.1 Å². The zero-order chi connectivity index (χ0) is 20.5. The third-order valence-electron chi connectivity index (χ3n) is 4.10. The number of nitrogens with one attached hydrogen (secondary N) is 1. The molecule has 8 heteroatoms. The van der Waals surface area contributed by atoms with Crippen LogP contribution >= 0.6 is 11.6 Å². The van der Waals surface area contributed by atoms with Gasteiger partial charge in [0.2, 0.25) is 17.2 Å². The predicted molar refractivity (Wildman–Crippen MR) is 97.6 cm³/mol. The highest BCUT2D eigenvalue weighted by Gasteiger charge is 2.52. The molecule has 0 saturated carbocycles. The van der Waals surface area contributed by atoms with Crippen LogP contribution < -0.4 is 5.32 Å². The maximum Gasteiger partial charge on any atom is 0.308 e. The Labute approximate surface area is 164 Å². The van der Waals surface area contributed by atoms with Gasteiger partial charge in [-0.15, -0.1) is 0 Å². The molecule has 1 amide bonds. The number of halogens is 2.